The lowest BCUT2D eigenvalue weighted by molar-refractivity contribution is 0.446. The Morgan fingerprint density at radius 2 is 2.41 bits per heavy atom. The van der Waals surface area contributed by atoms with E-state index in [9.17, 15) is 9.50 Å². The van der Waals surface area contributed by atoms with Crippen molar-refractivity contribution in [2.24, 2.45) is 0 Å². The molecule has 1 aromatic carbocycles. The number of phenols is 1. The van der Waals surface area contributed by atoms with Gasteiger partial charge < -0.3 is 10.4 Å². The molecule has 0 saturated carbocycles. The molecular formula is C13H18FNOS. The van der Waals surface area contributed by atoms with Gasteiger partial charge in [0.15, 0.2) is 0 Å². The molecule has 1 aliphatic heterocycles. The van der Waals surface area contributed by atoms with E-state index in [1.165, 1.54) is 24.7 Å². The normalized spacial score (nSPS) is 21.6. The molecule has 2 rings (SSSR count). The molecule has 1 aliphatic rings. The molecule has 1 aromatic rings. The van der Waals surface area contributed by atoms with Crippen LogP contribution in [-0.2, 0) is 0 Å². The summed E-state index contributed by atoms with van der Waals surface area (Å²) in [5, 5.41) is 13.7. The van der Waals surface area contributed by atoms with Crippen molar-refractivity contribution in [3.63, 3.8) is 0 Å². The first-order valence-corrected chi connectivity index (χ1v) is 7.05. The fourth-order valence-corrected chi connectivity index (χ4v) is 3.32. The van der Waals surface area contributed by atoms with Crippen molar-refractivity contribution in [1.82, 2.24) is 5.32 Å². The minimum Gasteiger partial charge on any atom is -0.508 e. The Balaban J connectivity index is 1.91. The molecule has 0 aliphatic carbocycles. The zero-order chi connectivity index (χ0) is 12.3. The van der Waals surface area contributed by atoms with Crippen LogP contribution in [0.5, 0.6) is 5.75 Å². The molecule has 0 spiro atoms. The fraction of sp³-hybridized carbons (Fsp3) is 0.538. The van der Waals surface area contributed by atoms with Gasteiger partial charge in [-0.15, -0.1) is 0 Å². The van der Waals surface area contributed by atoms with Crippen LogP contribution >= 0.6 is 11.8 Å². The molecule has 4 heteroatoms. The second-order valence-electron chi connectivity index (χ2n) is 4.47. The first-order chi connectivity index (χ1) is 8.16. The van der Waals surface area contributed by atoms with Crippen LogP contribution in [0.3, 0.4) is 0 Å². The summed E-state index contributed by atoms with van der Waals surface area (Å²) in [5.74, 6) is 0.886. The Morgan fingerprint density at radius 3 is 3.06 bits per heavy atom. The molecule has 2 nitrogen and oxygen atoms in total. The zero-order valence-corrected chi connectivity index (χ0v) is 10.8. The molecule has 2 N–H and O–H groups in total. The predicted octanol–water partition coefficient (Wildman–Crippen LogP) is 3.08. The average molecular weight is 255 g/mol. The number of rotatable bonds is 4. The van der Waals surface area contributed by atoms with Gasteiger partial charge >= 0.3 is 0 Å². The van der Waals surface area contributed by atoms with E-state index in [-0.39, 0.29) is 11.8 Å². The summed E-state index contributed by atoms with van der Waals surface area (Å²) in [7, 11) is 0. The highest BCUT2D eigenvalue weighted by Crippen LogP contribution is 2.28. The molecule has 2 unspecified atom stereocenters. The first kappa shape index (κ1) is 12.7. The van der Waals surface area contributed by atoms with Crippen LogP contribution < -0.4 is 5.32 Å². The highest BCUT2D eigenvalue weighted by molar-refractivity contribution is 8.00. The van der Waals surface area contributed by atoms with Gasteiger partial charge in [-0.3, -0.25) is 0 Å². The van der Waals surface area contributed by atoms with E-state index < -0.39 is 5.82 Å². The quantitative estimate of drug-likeness (QED) is 0.867. The smallest absolute Gasteiger partial charge is 0.126 e. The number of thioether (sulfide) groups is 1. The average Bonchev–Trinajstić information content (AvgIpc) is 2.78. The number of nitrogens with one attached hydrogen (secondary N) is 1. The second kappa shape index (κ2) is 5.74. The number of benzene rings is 1. The van der Waals surface area contributed by atoms with Crippen LogP contribution in [0.15, 0.2) is 18.2 Å². The number of phenolic OH excluding ortho intramolecular Hbond substituents is 1. The van der Waals surface area contributed by atoms with Gasteiger partial charge in [-0.05, 0) is 31.6 Å². The van der Waals surface area contributed by atoms with Crippen molar-refractivity contribution in [3.8, 4) is 5.75 Å². The van der Waals surface area contributed by atoms with Gasteiger partial charge in [-0.1, -0.05) is 6.07 Å². The van der Waals surface area contributed by atoms with E-state index >= 15 is 0 Å². The minimum atomic E-state index is -0.398. The Labute approximate surface area is 106 Å². The third-order valence-electron chi connectivity index (χ3n) is 3.13. The summed E-state index contributed by atoms with van der Waals surface area (Å²) in [6.45, 7) is 2.94. The van der Waals surface area contributed by atoms with E-state index in [1.54, 1.807) is 6.07 Å². The van der Waals surface area contributed by atoms with Gasteiger partial charge in [0.2, 0.25) is 0 Å². The third kappa shape index (κ3) is 3.36. The Hall–Kier alpha value is -0.740. The van der Waals surface area contributed by atoms with Crippen LogP contribution in [-0.4, -0.2) is 22.7 Å². The molecule has 17 heavy (non-hydrogen) atoms. The SMILES string of the molecule is CC(NCC1CCCS1)c1ccc(F)cc1O. The van der Waals surface area contributed by atoms with E-state index in [2.05, 4.69) is 5.32 Å². The molecule has 2 atom stereocenters. The molecule has 1 heterocycles. The molecule has 1 fully saturated rings. The van der Waals surface area contributed by atoms with Gasteiger partial charge in [-0.2, -0.15) is 11.8 Å². The second-order valence-corrected chi connectivity index (χ2v) is 5.88. The van der Waals surface area contributed by atoms with Crippen molar-refractivity contribution in [1.29, 1.82) is 0 Å². The summed E-state index contributed by atoms with van der Waals surface area (Å²) < 4.78 is 12.9. The maximum absolute atomic E-state index is 12.9. The van der Waals surface area contributed by atoms with Crippen molar-refractivity contribution < 1.29 is 9.50 Å². The zero-order valence-electron chi connectivity index (χ0n) is 9.95. The van der Waals surface area contributed by atoms with Crippen LogP contribution in [0, 0.1) is 5.82 Å². The third-order valence-corrected chi connectivity index (χ3v) is 4.53. The van der Waals surface area contributed by atoms with Crippen molar-refractivity contribution in [3.05, 3.63) is 29.6 Å². The highest BCUT2D eigenvalue weighted by atomic mass is 32.2. The Kier molecular flexibility index (Phi) is 4.29. The van der Waals surface area contributed by atoms with Crippen LogP contribution in [0.1, 0.15) is 31.4 Å². The summed E-state index contributed by atoms with van der Waals surface area (Å²) in [6.07, 6.45) is 2.56. The lowest BCUT2D eigenvalue weighted by atomic mass is 10.1. The molecular weight excluding hydrogens is 237 g/mol. The van der Waals surface area contributed by atoms with Gasteiger partial charge in [0, 0.05) is 29.5 Å². The van der Waals surface area contributed by atoms with Crippen molar-refractivity contribution in [2.45, 2.75) is 31.1 Å². The van der Waals surface area contributed by atoms with E-state index in [0.29, 0.717) is 5.25 Å². The maximum Gasteiger partial charge on any atom is 0.126 e. The number of hydrogen-bond donors (Lipinski definition) is 2. The molecule has 0 bridgehead atoms. The van der Waals surface area contributed by atoms with E-state index in [0.717, 1.165) is 18.2 Å². The largest absolute Gasteiger partial charge is 0.508 e. The Bertz CT molecular complexity index is 380. The van der Waals surface area contributed by atoms with Crippen LogP contribution in [0.2, 0.25) is 0 Å². The lowest BCUT2D eigenvalue weighted by Gasteiger charge is -2.18. The van der Waals surface area contributed by atoms with Gasteiger partial charge in [0.05, 0.1) is 0 Å². The molecule has 0 amide bonds. The Morgan fingerprint density at radius 1 is 1.59 bits per heavy atom. The summed E-state index contributed by atoms with van der Waals surface area (Å²) in [6, 6.07) is 4.25. The summed E-state index contributed by atoms with van der Waals surface area (Å²) in [4.78, 5) is 0. The standard InChI is InChI=1S/C13H18FNOS/c1-9(15-8-11-3-2-6-17-11)12-5-4-10(14)7-13(12)16/h4-5,7,9,11,15-16H,2-3,6,8H2,1H3. The number of aromatic hydroxyl groups is 1. The fourth-order valence-electron chi connectivity index (χ4n) is 2.11. The van der Waals surface area contributed by atoms with Crippen molar-refractivity contribution in [2.75, 3.05) is 12.3 Å². The van der Waals surface area contributed by atoms with Crippen molar-refractivity contribution >= 4 is 11.8 Å². The lowest BCUT2D eigenvalue weighted by Crippen LogP contribution is -2.26. The van der Waals surface area contributed by atoms with Gasteiger partial charge in [-0.25, -0.2) is 4.39 Å². The molecule has 0 radical (unpaired) electrons. The minimum absolute atomic E-state index is 0.0316. The van der Waals surface area contributed by atoms with Gasteiger partial charge in [0.1, 0.15) is 11.6 Å². The molecule has 1 saturated heterocycles. The van der Waals surface area contributed by atoms with Gasteiger partial charge in [0.25, 0.3) is 0 Å². The van der Waals surface area contributed by atoms with E-state index in [1.807, 2.05) is 18.7 Å². The topological polar surface area (TPSA) is 32.3 Å². The molecule has 0 aromatic heterocycles. The molecule has 94 valence electrons. The highest BCUT2D eigenvalue weighted by Gasteiger charge is 2.17. The monoisotopic (exact) mass is 255 g/mol. The number of hydrogen-bond acceptors (Lipinski definition) is 3. The first-order valence-electron chi connectivity index (χ1n) is 6.00. The predicted molar refractivity (Wildman–Crippen MR) is 70.0 cm³/mol. The van der Waals surface area contributed by atoms with E-state index in [4.69, 9.17) is 0 Å². The number of halogens is 1. The summed E-state index contributed by atoms with van der Waals surface area (Å²) in [5.41, 5.74) is 0.759. The van der Waals surface area contributed by atoms with Crippen LogP contribution in [0.4, 0.5) is 4.39 Å². The summed E-state index contributed by atoms with van der Waals surface area (Å²) >= 11 is 2.00. The van der Waals surface area contributed by atoms with Crippen LogP contribution in [0.25, 0.3) is 0 Å². The maximum atomic E-state index is 12.9.